The second kappa shape index (κ2) is 9.88. The van der Waals surface area contributed by atoms with Crippen molar-refractivity contribution in [2.45, 2.75) is 27.2 Å². The molecule has 0 spiro atoms. The second-order valence-corrected chi connectivity index (χ2v) is 10.8. The Morgan fingerprint density at radius 1 is 0.950 bits per heavy atom. The molecule has 0 radical (unpaired) electrons. The molecule has 0 fully saturated rings. The molecule has 0 saturated carbocycles. The third-order valence-corrected chi connectivity index (χ3v) is 6.38. The fraction of sp³-hybridized carbons (Fsp3) is 0.200. The van der Waals surface area contributed by atoms with Crippen molar-refractivity contribution in [2.24, 2.45) is 5.41 Å². The summed E-state index contributed by atoms with van der Waals surface area (Å²) in [5.74, 6) is 1.26. The number of ether oxygens (including phenoxy) is 1. The van der Waals surface area contributed by atoms with E-state index in [-0.39, 0.29) is 11.3 Å². The van der Waals surface area contributed by atoms with Crippen LogP contribution in [-0.2, 0) is 4.79 Å². The summed E-state index contributed by atoms with van der Waals surface area (Å²) in [7, 11) is 1.64. The molecule has 0 unspecified atom stereocenters. The highest BCUT2D eigenvalue weighted by molar-refractivity contribution is 5.95. The molecule has 6 aromatic rings. The van der Waals surface area contributed by atoms with Crippen LogP contribution >= 0.6 is 0 Å². The van der Waals surface area contributed by atoms with Crippen LogP contribution in [0.1, 0.15) is 27.2 Å². The molecule has 3 N–H and O–H groups in total. The van der Waals surface area contributed by atoms with E-state index in [9.17, 15) is 4.79 Å². The van der Waals surface area contributed by atoms with Gasteiger partial charge in [0.1, 0.15) is 16.8 Å². The first-order valence-electron chi connectivity index (χ1n) is 12.9. The van der Waals surface area contributed by atoms with Crippen LogP contribution in [0.5, 0.6) is 5.75 Å². The van der Waals surface area contributed by atoms with Gasteiger partial charge in [-0.25, -0.2) is 9.97 Å². The third kappa shape index (κ3) is 4.98. The highest BCUT2D eigenvalue weighted by Gasteiger charge is 2.19. The Balaban J connectivity index is 1.36. The average molecular weight is 533 g/mol. The lowest BCUT2D eigenvalue weighted by Gasteiger charge is -2.17. The Kier molecular flexibility index (Phi) is 6.22. The standard InChI is InChI=1S/C30H28N8O2/c1-30(2,3)14-24(39)33-19-12-18(15-31-16-19)21-8-9-23-27(34-21)28(38-37-23)29-35-22-10-11-32-25(26(22)36-29)17-6-5-7-20(13-17)40-4/h5-13,15-16H,14H2,1-4H3,(H,33,39)(H,35,36)(H,37,38). The summed E-state index contributed by atoms with van der Waals surface area (Å²) in [4.78, 5) is 34.5. The SMILES string of the molecule is COc1cccc(-c2nccc3[nH]c(-c4n[nH]c5ccc(-c6cncc(NC(=O)CC(C)(C)C)c6)nc45)nc23)c1. The van der Waals surface area contributed by atoms with Gasteiger partial charge in [-0.15, -0.1) is 0 Å². The number of nitrogens with zero attached hydrogens (tertiary/aromatic N) is 5. The highest BCUT2D eigenvalue weighted by Crippen LogP contribution is 2.32. The molecule has 40 heavy (non-hydrogen) atoms. The second-order valence-electron chi connectivity index (χ2n) is 10.8. The van der Waals surface area contributed by atoms with Crippen LogP contribution in [0.15, 0.2) is 67.1 Å². The van der Waals surface area contributed by atoms with E-state index in [0.29, 0.717) is 34.8 Å². The zero-order valence-corrected chi connectivity index (χ0v) is 22.6. The number of aromatic amines is 2. The van der Waals surface area contributed by atoms with Crippen LogP contribution in [0.4, 0.5) is 5.69 Å². The van der Waals surface area contributed by atoms with Gasteiger partial charge in [-0.3, -0.25) is 19.9 Å². The number of hydrogen-bond acceptors (Lipinski definition) is 7. The minimum atomic E-state index is -0.110. The van der Waals surface area contributed by atoms with Crippen LogP contribution in [0.2, 0.25) is 0 Å². The van der Waals surface area contributed by atoms with E-state index in [0.717, 1.165) is 39.1 Å². The maximum Gasteiger partial charge on any atom is 0.224 e. The van der Waals surface area contributed by atoms with E-state index in [1.165, 1.54) is 0 Å². The van der Waals surface area contributed by atoms with E-state index in [1.807, 2.05) is 69.3 Å². The Labute approximate surface area is 230 Å². The van der Waals surface area contributed by atoms with Gasteiger partial charge in [0, 0.05) is 29.9 Å². The third-order valence-electron chi connectivity index (χ3n) is 6.38. The van der Waals surface area contributed by atoms with E-state index in [1.54, 1.807) is 25.7 Å². The van der Waals surface area contributed by atoms with Crippen molar-refractivity contribution in [1.29, 1.82) is 0 Å². The predicted molar refractivity (Wildman–Crippen MR) is 155 cm³/mol. The molecule has 10 nitrogen and oxygen atoms in total. The monoisotopic (exact) mass is 532 g/mol. The Morgan fingerprint density at radius 2 is 1.80 bits per heavy atom. The van der Waals surface area contributed by atoms with Crippen LogP contribution in [-0.4, -0.2) is 48.1 Å². The molecule has 0 bridgehead atoms. The summed E-state index contributed by atoms with van der Waals surface area (Å²) in [6, 6.07) is 15.3. The van der Waals surface area contributed by atoms with Gasteiger partial charge < -0.3 is 15.0 Å². The van der Waals surface area contributed by atoms with Gasteiger partial charge in [-0.1, -0.05) is 32.9 Å². The lowest BCUT2D eigenvalue weighted by Crippen LogP contribution is -2.19. The first-order chi connectivity index (χ1) is 19.3. The van der Waals surface area contributed by atoms with Crippen molar-refractivity contribution in [3.63, 3.8) is 0 Å². The predicted octanol–water partition coefficient (Wildman–Crippen LogP) is 6.01. The average Bonchev–Trinajstić information content (AvgIpc) is 3.55. The summed E-state index contributed by atoms with van der Waals surface area (Å²) in [6.45, 7) is 6.09. The van der Waals surface area contributed by atoms with Gasteiger partial charge in [0.2, 0.25) is 5.91 Å². The molecule has 6 rings (SSSR count). The molecule has 200 valence electrons. The number of nitrogens with one attached hydrogen (secondary N) is 3. The van der Waals surface area contributed by atoms with Crippen molar-refractivity contribution in [1.82, 2.24) is 35.1 Å². The summed E-state index contributed by atoms with van der Waals surface area (Å²) in [6.07, 6.45) is 5.51. The molecule has 5 aromatic heterocycles. The topological polar surface area (TPSA) is 134 Å². The lowest BCUT2D eigenvalue weighted by molar-refractivity contribution is -0.117. The maximum atomic E-state index is 12.4. The molecular formula is C30H28N8O2. The van der Waals surface area contributed by atoms with E-state index in [2.05, 4.69) is 30.5 Å². The van der Waals surface area contributed by atoms with Gasteiger partial charge in [0.05, 0.1) is 41.4 Å². The van der Waals surface area contributed by atoms with Gasteiger partial charge in [-0.05, 0) is 41.8 Å². The maximum absolute atomic E-state index is 12.4. The van der Waals surface area contributed by atoms with Crippen molar-refractivity contribution >= 4 is 33.7 Å². The summed E-state index contributed by atoms with van der Waals surface area (Å²) in [5, 5.41) is 10.5. The fourth-order valence-corrected chi connectivity index (χ4v) is 4.59. The van der Waals surface area contributed by atoms with E-state index in [4.69, 9.17) is 14.7 Å². The first kappa shape index (κ1) is 25.2. The molecule has 0 saturated heterocycles. The number of anilines is 1. The van der Waals surface area contributed by atoms with Gasteiger partial charge in [0.15, 0.2) is 11.5 Å². The number of amides is 1. The number of carbonyl (C=O) groups excluding carboxylic acids is 1. The molecule has 0 atom stereocenters. The van der Waals surface area contributed by atoms with E-state index >= 15 is 0 Å². The van der Waals surface area contributed by atoms with Gasteiger partial charge in [-0.2, -0.15) is 5.10 Å². The lowest BCUT2D eigenvalue weighted by atomic mass is 9.92. The molecule has 5 heterocycles. The van der Waals surface area contributed by atoms with Gasteiger partial charge in [0.25, 0.3) is 0 Å². The normalized spacial score (nSPS) is 11.7. The molecule has 0 aliphatic heterocycles. The van der Waals surface area contributed by atoms with Crippen molar-refractivity contribution in [3.05, 3.63) is 67.1 Å². The number of carbonyl (C=O) groups is 1. The highest BCUT2D eigenvalue weighted by atomic mass is 16.5. The number of hydrogen-bond donors (Lipinski definition) is 3. The smallest absolute Gasteiger partial charge is 0.224 e. The van der Waals surface area contributed by atoms with Crippen molar-refractivity contribution in [2.75, 3.05) is 12.4 Å². The molecule has 10 heteroatoms. The number of H-pyrrole nitrogens is 2. The largest absolute Gasteiger partial charge is 0.497 e. The zero-order valence-electron chi connectivity index (χ0n) is 22.6. The molecule has 1 aromatic carbocycles. The molecule has 0 aliphatic rings. The number of methoxy groups -OCH3 is 1. The molecule has 0 aliphatic carbocycles. The Morgan fingerprint density at radius 3 is 2.62 bits per heavy atom. The minimum Gasteiger partial charge on any atom is -0.497 e. The summed E-state index contributed by atoms with van der Waals surface area (Å²) < 4.78 is 5.39. The number of rotatable bonds is 6. The fourth-order valence-electron chi connectivity index (χ4n) is 4.59. The number of fused-ring (bicyclic) bond motifs is 2. The Hall–Kier alpha value is -5.12. The minimum absolute atomic E-state index is 0.0559. The van der Waals surface area contributed by atoms with Crippen LogP contribution in [0.3, 0.4) is 0 Å². The summed E-state index contributed by atoms with van der Waals surface area (Å²) in [5.41, 5.74) is 7.20. The number of benzene rings is 1. The van der Waals surface area contributed by atoms with Crippen LogP contribution in [0, 0.1) is 5.41 Å². The number of aromatic nitrogens is 7. The number of imidazole rings is 1. The van der Waals surface area contributed by atoms with Gasteiger partial charge >= 0.3 is 0 Å². The molecular weight excluding hydrogens is 504 g/mol. The van der Waals surface area contributed by atoms with Crippen molar-refractivity contribution < 1.29 is 9.53 Å². The number of pyridine rings is 3. The summed E-state index contributed by atoms with van der Waals surface area (Å²) >= 11 is 0. The zero-order chi connectivity index (χ0) is 27.9. The van der Waals surface area contributed by atoms with E-state index < -0.39 is 0 Å². The molecule has 1 amide bonds. The van der Waals surface area contributed by atoms with Crippen molar-refractivity contribution in [3.8, 4) is 39.8 Å². The first-order valence-corrected chi connectivity index (χ1v) is 12.9. The van der Waals surface area contributed by atoms with Crippen LogP contribution < -0.4 is 10.1 Å². The van der Waals surface area contributed by atoms with Crippen LogP contribution in [0.25, 0.3) is 56.1 Å². The Bertz CT molecular complexity index is 1870. The quantitative estimate of drug-likeness (QED) is 0.239.